The summed E-state index contributed by atoms with van der Waals surface area (Å²) in [6, 6.07) is -1.53. The minimum Gasteiger partial charge on any atom is -0.444 e. The minimum atomic E-state index is -4.53. The second kappa shape index (κ2) is 10.3. The van der Waals surface area contributed by atoms with Gasteiger partial charge in [-0.2, -0.15) is 13.2 Å². The lowest BCUT2D eigenvalue weighted by molar-refractivity contribution is -0.138. The lowest BCUT2D eigenvalue weighted by Gasteiger charge is -2.35. The number of ether oxygens (including phenoxy) is 1. The largest absolute Gasteiger partial charge is 0.444 e. The number of halogens is 5. The van der Waals surface area contributed by atoms with E-state index in [9.17, 15) is 31.5 Å². The third-order valence-corrected chi connectivity index (χ3v) is 4.56. The fourth-order valence-electron chi connectivity index (χ4n) is 2.94. The second-order valence-electron chi connectivity index (χ2n) is 8.26. The zero-order chi connectivity index (χ0) is 24.1. The first-order valence-electron chi connectivity index (χ1n) is 9.96. The van der Waals surface area contributed by atoms with Gasteiger partial charge >= 0.3 is 12.3 Å². The van der Waals surface area contributed by atoms with Crippen LogP contribution in [-0.4, -0.2) is 71.1 Å². The standard InChI is InChI=1S/C19H26F5N5O3/c1-18(2,3)32-17(31)27-13(15(20)21)4-5-14(30)28-6-8-29(9-7-28)16-25-10-12(11-26-16)19(22,23)24/h10-11,13,15H,4-9H2,1-3H3,(H,27,31)/t13-/m1/s1. The van der Waals surface area contributed by atoms with Crippen LogP contribution in [0, 0.1) is 0 Å². The third kappa shape index (κ3) is 7.75. The van der Waals surface area contributed by atoms with Crippen molar-refractivity contribution in [1.82, 2.24) is 20.2 Å². The molecule has 180 valence electrons. The van der Waals surface area contributed by atoms with Gasteiger partial charge in [-0.15, -0.1) is 0 Å². The second-order valence-corrected chi connectivity index (χ2v) is 8.26. The molecule has 2 amide bonds. The summed E-state index contributed by atoms with van der Waals surface area (Å²) in [5.74, 6) is -0.251. The number of amides is 2. The predicted molar refractivity (Wildman–Crippen MR) is 104 cm³/mol. The molecule has 1 aliphatic rings. The number of nitrogens with one attached hydrogen (secondary N) is 1. The van der Waals surface area contributed by atoms with Gasteiger partial charge in [0.05, 0.1) is 11.6 Å². The van der Waals surface area contributed by atoms with E-state index >= 15 is 0 Å². The van der Waals surface area contributed by atoms with Crippen LogP contribution in [-0.2, 0) is 15.7 Å². The molecular formula is C19H26F5N5O3. The predicted octanol–water partition coefficient (Wildman–Crippen LogP) is 3.08. The quantitative estimate of drug-likeness (QED) is 0.647. The summed E-state index contributed by atoms with van der Waals surface area (Å²) in [5.41, 5.74) is -1.80. The first-order valence-corrected chi connectivity index (χ1v) is 9.96. The Balaban J connectivity index is 1.83. The number of aromatic nitrogens is 2. The van der Waals surface area contributed by atoms with Crippen molar-refractivity contribution in [3.05, 3.63) is 18.0 Å². The van der Waals surface area contributed by atoms with E-state index in [1.54, 1.807) is 25.7 Å². The van der Waals surface area contributed by atoms with Crippen LogP contribution < -0.4 is 10.2 Å². The van der Waals surface area contributed by atoms with Gasteiger partial charge in [0.2, 0.25) is 11.9 Å². The van der Waals surface area contributed by atoms with Gasteiger partial charge in [0.15, 0.2) is 0 Å². The average Bonchev–Trinajstić information content (AvgIpc) is 2.69. The molecule has 2 rings (SSSR count). The number of hydrogen-bond donors (Lipinski definition) is 1. The van der Waals surface area contributed by atoms with Gasteiger partial charge < -0.3 is 19.9 Å². The van der Waals surface area contributed by atoms with E-state index < -0.39 is 35.9 Å². The van der Waals surface area contributed by atoms with Crippen LogP contribution >= 0.6 is 0 Å². The molecular weight excluding hydrogens is 441 g/mol. The Labute approximate surface area is 182 Å². The summed E-state index contributed by atoms with van der Waals surface area (Å²) in [6.07, 6.45) is -7.47. The van der Waals surface area contributed by atoms with Crippen molar-refractivity contribution in [3.63, 3.8) is 0 Å². The minimum absolute atomic E-state index is 0.115. The topological polar surface area (TPSA) is 87.7 Å². The van der Waals surface area contributed by atoms with Gasteiger partial charge in [-0.1, -0.05) is 0 Å². The summed E-state index contributed by atoms with van der Waals surface area (Å²) in [4.78, 5) is 34.7. The maximum absolute atomic E-state index is 13.2. The maximum Gasteiger partial charge on any atom is 0.419 e. The van der Waals surface area contributed by atoms with Gasteiger partial charge in [-0.05, 0) is 27.2 Å². The Hall–Kier alpha value is -2.73. The van der Waals surface area contributed by atoms with Crippen molar-refractivity contribution < 1.29 is 36.3 Å². The monoisotopic (exact) mass is 467 g/mol. The molecule has 32 heavy (non-hydrogen) atoms. The van der Waals surface area contributed by atoms with Gasteiger partial charge in [0, 0.05) is 45.0 Å². The lowest BCUT2D eigenvalue weighted by atomic mass is 10.1. The zero-order valence-electron chi connectivity index (χ0n) is 18.0. The molecule has 1 N–H and O–H groups in total. The Morgan fingerprint density at radius 1 is 1.09 bits per heavy atom. The fourth-order valence-corrected chi connectivity index (χ4v) is 2.94. The van der Waals surface area contributed by atoms with Crippen LogP contribution in [0.1, 0.15) is 39.2 Å². The summed E-state index contributed by atoms with van der Waals surface area (Å²) in [5, 5.41) is 2.09. The number of hydrogen-bond acceptors (Lipinski definition) is 6. The first-order chi connectivity index (χ1) is 14.8. The highest BCUT2D eigenvalue weighted by Crippen LogP contribution is 2.28. The Morgan fingerprint density at radius 2 is 1.66 bits per heavy atom. The van der Waals surface area contributed by atoms with Crippen LogP contribution in [0.5, 0.6) is 0 Å². The summed E-state index contributed by atoms with van der Waals surface area (Å²) in [7, 11) is 0. The number of alkyl carbamates (subject to hydrolysis) is 1. The van der Waals surface area contributed by atoms with E-state index in [1.807, 2.05) is 0 Å². The molecule has 0 unspecified atom stereocenters. The highest BCUT2D eigenvalue weighted by atomic mass is 19.4. The maximum atomic E-state index is 13.2. The van der Waals surface area contributed by atoms with Gasteiger partial charge in [0.1, 0.15) is 5.60 Å². The lowest BCUT2D eigenvalue weighted by Crippen LogP contribution is -2.50. The number of alkyl halides is 5. The smallest absolute Gasteiger partial charge is 0.419 e. The molecule has 0 aliphatic carbocycles. The molecule has 0 aromatic carbocycles. The molecule has 1 fully saturated rings. The molecule has 1 atom stereocenters. The molecule has 1 aromatic rings. The molecule has 2 heterocycles. The van der Waals surface area contributed by atoms with Crippen molar-refractivity contribution in [2.24, 2.45) is 0 Å². The Kier molecular flexibility index (Phi) is 8.18. The number of piperazine rings is 1. The molecule has 0 bridgehead atoms. The Morgan fingerprint density at radius 3 is 2.12 bits per heavy atom. The van der Waals surface area contributed by atoms with Crippen molar-refractivity contribution in [3.8, 4) is 0 Å². The molecule has 0 radical (unpaired) electrons. The van der Waals surface area contributed by atoms with Crippen molar-refractivity contribution >= 4 is 17.9 Å². The number of carbonyl (C=O) groups is 2. The van der Waals surface area contributed by atoms with Crippen LogP contribution in [0.15, 0.2) is 12.4 Å². The number of anilines is 1. The van der Waals surface area contributed by atoms with E-state index in [4.69, 9.17) is 4.74 Å². The average molecular weight is 467 g/mol. The highest BCUT2D eigenvalue weighted by molar-refractivity contribution is 5.76. The van der Waals surface area contributed by atoms with Crippen molar-refractivity contribution in [1.29, 1.82) is 0 Å². The molecule has 8 nitrogen and oxygen atoms in total. The highest BCUT2D eigenvalue weighted by Gasteiger charge is 2.32. The molecule has 1 aromatic heterocycles. The molecule has 1 saturated heterocycles. The van der Waals surface area contributed by atoms with Crippen LogP contribution in [0.25, 0.3) is 0 Å². The summed E-state index contributed by atoms with van der Waals surface area (Å²) >= 11 is 0. The first kappa shape index (κ1) is 25.5. The number of carbonyl (C=O) groups excluding carboxylic acids is 2. The van der Waals surface area contributed by atoms with E-state index in [2.05, 4.69) is 15.3 Å². The van der Waals surface area contributed by atoms with Crippen LogP contribution in [0.4, 0.5) is 32.7 Å². The molecule has 0 spiro atoms. The SMILES string of the molecule is CC(C)(C)OC(=O)N[C@H](CCC(=O)N1CCN(c2ncc(C(F)(F)F)cn2)CC1)C(F)F. The fraction of sp³-hybridized carbons (Fsp3) is 0.684. The normalized spacial score (nSPS) is 16.2. The van der Waals surface area contributed by atoms with Crippen molar-refractivity contribution in [2.45, 2.75) is 57.9 Å². The van der Waals surface area contributed by atoms with E-state index in [-0.39, 0.29) is 50.9 Å². The van der Waals surface area contributed by atoms with E-state index in [1.165, 1.54) is 4.90 Å². The van der Waals surface area contributed by atoms with E-state index in [0.29, 0.717) is 12.4 Å². The number of nitrogens with zero attached hydrogens (tertiary/aromatic N) is 4. The zero-order valence-corrected chi connectivity index (χ0v) is 18.0. The van der Waals surface area contributed by atoms with Crippen LogP contribution in [0.2, 0.25) is 0 Å². The summed E-state index contributed by atoms with van der Waals surface area (Å²) < 4.78 is 69.3. The summed E-state index contributed by atoms with van der Waals surface area (Å²) in [6.45, 7) is 5.84. The van der Waals surface area contributed by atoms with Gasteiger partial charge in [-0.3, -0.25) is 4.79 Å². The molecule has 0 saturated carbocycles. The molecule has 1 aliphatic heterocycles. The van der Waals surface area contributed by atoms with Gasteiger partial charge in [0.25, 0.3) is 6.43 Å². The Bertz CT molecular complexity index is 775. The number of rotatable bonds is 6. The van der Waals surface area contributed by atoms with Crippen LogP contribution in [0.3, 0.4) is 0 Å². The van der Waals surface area contributed by atoms with Crippen molar-refractivity contribution in [2.75, 3.05) is 31.1 Å². The molecule has 13 heteroatoms. The van der Waals surface area contributed by atoms with Gasteiger partial charge in [-0.25, -0.2) is 23.5 Å². The van der Waals surface area contributed by atoms with E-state index in [0.717, 1.165) is 0 Å². The third-order valence-electron chi connectivity index (χ3n) is 4.56.